The normalized spacial score (nSPS) is 24.9. The number of morpholine rings is 1. The standard InChI is InChI=1S/C13H28N2O/c1-11(2)14-7-5-6-12(3)15-8-9-16-13(4)10-15/h11-14H,5-10H2,1-4H3. The summed E-state index contributed by atoms with van der Waals surface area (Å²) in [6.45, 7) is 13.1. The molecule has 0 aromatic rings. The van der Waals surface area contributed by atoms with Crippen LogP contribution in [0.3, 0.4) is 0 Å². The Kier molecular flexibility index (Phi) is 6.32. The molecule has 0 amide bonds. The van der Waals surface area contributed by atoms with Crippen LogP contribution in [0.25, 0.3) is 0 Å². The summed E-state index contributed by atoms with van der Waals surface area (Å²) in [5, 5.41) is 3.47. The quantitative estimate of drug-likeness (QED) is 0.703. The van der Waals surface area contributed by atoms with Crippen molar-refractivity contribution >= 4 is 0 Å². The first-order valence-electron chi connectivity index (χ1n) is 6.68. The summed E-state index contributed by atoms with van der Waals surface area (Å²) in [5.74, 6) is 0. The maximum atomic E-state index is 5.56. The van der Waals surface area contributed by atoms with Gasteiger partial charge in [0.05, 0.1) is 12.7 Å². The fourth-order valence-electron chi connectivity index (χ4n) is 2.22. The zero-order valence-corrected chi connectivity index (χ0v) is 11.3. The third-order valence-electron chi connectivity index (χ3n) is 3.25. The molecule has 1 rings (SSSR count). The molecular weight excluding hydrogens is 200 g/mol. The highest BCUT2D eigenvalue weighted by Gasteiger charge is 2.20. The van der Waals surface area contributed by atoms with Crippen molar-refractivity contribution < 1.29 is 4.74 Å². The third kappa shape index (κ3) is 5.28. The molecule has 0 bridgehead atoms. The molecule has 1 heterocycles. The van der Waals surface area contributed by atoms with Crippen molar-refractivity contribution in [2.24, 2.45) is 0 Å². The van der Waals surface area contributed by atoms with E-state index in [0.717, 1.165) is 26.2 Å². The molecule has 16 heavy (non-hydrogen) atoms. The number of nitrogens with one attached hydrogen (secondary N) is 1. The first-order valence-corrected chi connectivity index (χ1v) is 6.68. The van der Waals surface area contributed by atoms with E-state index in [9.17, 15) is 0 Å². The molecule has 3 heteroatoms. The minimum Gasteiger partial charge on any atom is -0.376 e. The molecule has 0 aromatic carbocycles. The molecule has 2 atom stereocenters. The summed E-state index contributed by atoms with van der Waals surface area (Å²) in [4.78, 5) is 2.56. The lowest BCUT2D eigenvalue weighted by atomic mass is 10.1. The number of hydrogen-bond donors (Lipinski definition) is 1. The van der Waals surface area contributed by atoms with Crippen LogP contribution in [0.4, 0.5) is 0 Å². The SMILES string of the molecule is CC(C)NCCCC(C)N1CCOC(C)C1. The average molecular weight is 228 g/mol. The predicted octanol–water partition coefficient (Wildman–Crippen LogP) is 1.87. The smallest absolute Gasteiger partial charge is 0.0674 e. The van der Waals surface area contributed by atoms with Gasteiger partial charge in [0.2, 0.25) is 0 Å². The van der Waals surface area contributed by atoms with E-state index in [1.54, 1.807) is 0 Å². The van der Waals surface area contributed by atoms with E-state index < -0.39 is 0 Å². The van der Waals surface area contributed by atoms with E-state index in [4.69, 9.17) is 4.74 Å². The van der Waals surface area contributed by atoms with Crippen molar-refractivity contribution in [1.29, 1.82) is 0 Å². The molecule has 2 unspecified atom stereocenters. The molecule has 1 aliphatic rings. The lowest BCUT2D eigenvalue weighted by molar-refractivity contribution is -0.0327. The van der Waals surface area contributed by atoms with Gasteiger partial charge in [0.25, 0.3) is 0 Å². The monoisotopic (exact) mass is 228 g/mol. The van der Waals surface area contributed by atoms with Gasteiger partial charge in [-0.15, -0.1) is 0 Å². The fraction of sp³-hybridized carbons (Fsp3) is 1.00. The highest BCUT2D eigenvalue weighted by molar-refractivity contribution is 4.74. The molecule has 0 aliphatic carbocycles. The van der Waals surface area contributed by atoms with Gasteiger partial charge in [-0.05, 0) is 33.2 Å². The Morgan fingerprint density at radius 1 is 1.38 bits per heavy atom. The van der Waals surface area contributed by atoms with Crippen molar-refractivity contribution in [3.8, 4) is 0 Å². The topological polar surface area (TPSA) is 24.5 Å². The second-order valence-electron chi connectivity index (χ2n) is 5.28. The van der Waals surface area contributed by atoms with Crippen LogP contribution < -0.4 is 5.32 Å². The van der Waals surface area contributed by atoms with Crippen molar-refractivity contribution in [3.63, 3.8) is 0 Å². The minimum atomic E-state index is 0.407. The van der Waals surface area contributed by atoms with Gasteiger partial charge in [-0.25, -0.2) is 0 Å². The number of ether oxygens (including phenoxy) is 1. The summed E-state index contributed by atoms with van der Waals surface area (Å²) in [5.41, 5.74) is 0. The Morgan fingerprint density at radius 2 is 2.12 bits per heavy atom. The summed E-state index contributed by atoms with van der Waals surface area (Å²) in [6.07, 6.45) is 2.96. The lowest BCUT2D eigenvalue weighted by Gasteiger charge is -2.35. The zero-order valence-electron chi connectivity index (χ0n) is 11.3. The molecule has 0 saturated carbocycles. The van der Waals surface area contributed by atoms with Gasteiger partial charge in [0.15, 0.2) is 0 Å². The lowest BCUT2D eigenvalue weighted by Crippen LogP contribution is -2.45. The summed E-state index contributed by atoms with van der Waals surface area (Å²) < 4.78 is 5.56. The molecular formula is C13H28N2O. The van der Waals surface area contributed by atoms with E-state index >= 15 is 0 Å². The van der Waals surface area contributed by atoms with Crippen LogP contribution in [-0.4, -0.2) is 49.3 Å². The first kappa shape index (κ1) is 13.9. The third-order valence-corrected chi connectivity index (χ3v) is 3.25. The molecule has 1 fully saturated rings. The van der Waals surface area contributed by atoms with Gasteiger partial charge in [-0.1, -0.05) is 13.8 Å². The average Bonchev–Trinajstić information content (AvgIpc) is 2.24. The molecule has 0 spiro atoms. The van der Waals surface area contributed by atoms with Crippen molar-refractivity contribution in [2.75, 3.05) is 26.2 Å². The Hall–Kier alpha value is -0.120. The van der Waals surface area contributed by atoms with Crippen molar-refractivity contribution in [1.82, 2.24) is 10.2 Å². The van der Waals surface area contributed by atoms with Crippen LogP contribution in [0, 0.1) is 0 Å². The van der Waals surface area contributed by atoms with E-state index in [1.807, 2.05) is 0 Å². The van der Waals surface area contributed by atoms with Crippen LogP contribution in [0.2, 0.25) is 0 Å². The highest BCUT2D eigenvalue weighted by Crippen LogP contribution is 2.12. The molecule has 96 valence electrons. The Morgan fingerprint density at radius 3 is 2.75 bits per heavy atom. The molecule has 0 radical (unpaired) electrons. The van der Waals surface area contributed by atoms with Gasteiger partial charge in [-0.2, -0.15) is 0 Å². The molecule has 1 aliphatic heterocycles. The second kappa shape index (κ2) is 7.25. The maximum absolute atomic E-state index is 5.56. The van der Waals surface area contributed by atoms with Crippen molar-refractivity contribution in [3.05, 3.63) is 0 Å². The Balaban J connectivity index is 2.11. The largest absolute Gasteiger partial charge is 0.376 e. The fourth-order valence-corrected chi connectivity index (χ4v) is 2.22. The van der Waals surface area contributed by atoms with Gasteiger partial charge >= 0.3 is 0 Å². The molecule has 1 saturated heterocycles. The highest BCUT2D eigenvalue weighted by atomic mass is 16.5. The zero-order chi connectivity index (χ0) is 12.0. The molecule has 3 nitrogen and oxygen atoms in total. The van der Waals surface area contributed by atoms with Crippen LogP contribution in [0.1, 0.15) is 40.5 Å². The molecule has 1 N–H and O–H groups in total. The van der Waals surface area contributed by atoms with Crippen LogP contribution in [0.15, 0.2) is 0 Å². The van der Waals surface area contributed by atoms with Crippen LogP contribution in [0.5, 0.6) is 0 Å². The number of rotatable bonds is 6. The number of nitrogens with zero attached hydrogens (tertiary/aromatic N) is 1. The van der Waals surface area contributed by atoms with E-state index in [0.29, 0.717) is 18.2 Å². The van der Waals surface area contributed by atoms with Gasteiger partial charge in [-0.3, -0.25) is 4.90 Å². The van der Waals surface area contributed by atoms with Crippen molar-refractivity contribution in [2.45, 2.75) is 58.7 Å². The summed E-state index contributed by atoms with van der Waals surface area (Å²) in [6, 6.07) is 1.30. The predicted molar refractivity (Wildman–Crippen MR) is 68.8 cm³/mol. The van der Waals surface area contributed by atoms with E-state index in [-0.39, 0.29) is 0 Å². The summed E-state index contributed by atoms with van der Waals surface area (Å²) in [7, 11) is 0. The van der Waals surface area contributed by atoms with E-state index in [1.165, 1.54) is 12.8 Å². The van der Waals surface area contributed by atoms with E-state index in [2.05, 4.69) is 37.9 Å². The minimum absolute atomic E-state index is 0.407. The van der Waals surface area contributed by atoms with Gasteiger partial charge < -0.3 is 10.1 Å². The number of hydrogen-bond acceptors (Lipinski definition) is 3. The van der Waals surface area contributed by atoms with Gasteiger partial charge in [0, 0.05) is 25.2 Å². The Bertz CT molecular complexity index is 185. The molecule has 0 aromatic heterocycles. The van der Waals surface area contributed by atoms with Gasteiger partial charge in [0.1, 0.15) is 0 Å². The summed E-state index contributed by atoms with van der Waals surface area (Å²) >= 11 is 0. The first-order chi connectivity index (χ1) is 7.59. The van der Waals surface area contributed by atoms with Crippen LogP contribution in [-0.2, 0) is 4.74 Å². The van der Waals surface area contributed by atoms with Crippen LogP contribution >= 0.6 is 0 Å². The Labute approximate surface area is 101 Å². The maximum Gasteiger partial charge on any atom is 0.0674 e. The second-order valence-corrected chi connectivity index (χ2v) is 5.28.